The van der Waals surface area contributed by atoms with E-state index in [2.05, 4.69) is 15.9 Å². The van der Waals surface area contributed by atoms with Gasteiger partial charge in [-0.2, -0.15) is 0 Å². The molecular weight excluding hydrogens is 276 g/mol. The van der Waals surface area contributed by atoms with Gasteiger partial charge in [-0.25, -0.2) is 0 Å². The van der Waals surface area contributed by atoms with Gasteiger partial charge in [0.05, 0.1) is 16.0 Å². The van der Waals surface area contributed by atoms with Gasteiger partial charge in [-0.1, -0.05) is 13.8 Å². The molecule has 0 aliphatic heterocycles. The predicted octanol–water partition coefficient (Wildman–Crippen LogP) is 2.97. The number of nitrogens with zero attached hydrogens (tertiary/aromatic N) is 1. The van der Waals surface area contributed by atoms with E-state index in [-0.39, 0.29) is 11.4 Å². The van der Waals surface area contributed by atoms with Gasteiger partial charge in [0.2, 0.25) is 0 Å². The molecular formula is C10H13BrN2O3. The smallest absolute Gasteiger partial charge is 0.293 e. The topological polar surface area (TPSA) is 78.4 Å². The van der Waals surface area contributed by atoms with Crippen molar-refractivity contribution in [3.8, 4) is 5.75 Å². The van der Waals surface area contributed by atoms with E-state index in [1.807, 2.05) is 13.8 Å². The number of nitro benzene ring substituents is 1. The van der Waals surface area contributed by atoms with Crippen molar-refractivity contribution in [2.24, 2.45) is 5.92 Å². The van der Waals surface area contributed by atoms with Gasteiger partial charge in [0, 0.05) is 12.1 Å². The molecule has 1 aromatic carbocycles. The molecule has 88 valence electrons. The third kappa shape index (κ3) is 3.10. The third-order valence-corrected chi connectivity index (χ3v) is 2.47. The zero-order valence-corrected chi connectivity index (χ0v) is 10.7. The molecule has 0 saturated carbocycles. The summed E-state index contributed by atoms with van der Waals surface area (Å²) in [6.45, 7) is 4.57. The summed E-state index contributed by atoms with van der Waals surface area (Å²) in [6.07, 6.45) is 0. The number of nitrogen functional groups attached to an aromatic ring is 1. The molecule has 0 spiro atoms. The maximum atomic E-state index is 10.6. The van der Waals surface area contributed by atoms with Crippen LogP contribution in [0.2, 0.25) is 0 Å². The molecule has 0 unspecified atom stereocenters. The molecule has 0 fully saturated rings. The van der Waals surface area contributed by atoms with E-state index in [0.717, 1.165) is 0 Å². The molecule has 0 amide bonds. The molecule has 16 heavy (non-hydrogen) atoms. The molecule has 6 heteroatoms. The number of rotatable bonds is 4. The van der Waals surface area contributed by atoms with Crippen molar-refractivity contribution in [1.29, 1.82) is 0 Å². The number of anilines is 1. The summed E-state index contributed by atoms with van der Waals surface area (Å²) in [5.74, 6) is 0.903. The Morgan fingerprint density at radius 2 is 2.19 bits per heavy atom. The number of benzene rings is 1. The number of halogens is 1. The van der Waals surface area contributed by atoms with E-state index in [4.69, 9.17) is 10.5 Å². The van der Waals surface area contributed by atoms with E-state index in [0.29, 0.717) is 22.7 Å². The molecule has 0 aliphatic rings. The van der Waals surface area contributed by atoms with Crippen LogP contribution in [0.25, 0.3) is 0 Å². The van der Waals surface area contributed by atoms with Crippen LogP contribution in [0.1, 0.15) is 13.8 Å². The van der Waals surface area contributed by atoms with Gasteiger partial charge in [-0.05, 0) is 21.8 Å². The fraction of sp³-hybridized carbons (Fsp3) is 0.400. The molecule has 0 atom stereocenters. The second-order valence-electron chi connectivity index (χ2n) is 3.80. The minimum Gasteiger partial charge on any atom is -0.492 e. The zero-order valence-electron chi connectivity index (χ0n) is 9.07. The summed E-state index contributed by atoms with van der Waals surface area (Å²) in [5.41, 5.74) is 5.54. The summed E-state index contributed by atoms with van der Waals surface area (Å²) in [4.78, 5) is 10.1. The first-order chi connectivity index (χ1) is 7.41. The van der Waals surface area contributed by atoms with Crippen LogP contribution in [0.4, 0.5) is 11.4 Å². The second kappa shape index (κ2) is 5.16. The fourth-order valence-corrected chi connectivity index (χ4v) is 1.53. The maximum Gasteiger partial charge on any atom is 0.293 e. The predicted molar refractivity (Wildman–Crippen MR) is 65.5 cm³/mol. The highest BCUT2D eigenvalue weighted by atomic mass is 79.9. The number of ether oxygens (including phenoxy) is 1. The lowest BCUT2D eigenvalue weighted by Gasteiger charge is -2.11. The average Bonchev–Trinajstić information content (AvgIpc) is 2.18. The number of nitrogens with two attached hydrogens (primary N) is 1. The molecule has 1 aromatic rings. The first-order valence-corrected chi connectivity index (χ1v) is 5.57. The molecule has 0 aromatic heterocycles. The lowest BCUT2D eigenvalue weighted by Crippen LogP contribution is -2.06. The van der Waals surface area contributed by atoms with Gasteiger partial charge in [0.15, 0.2) is 0 Å². The van der Waals surface area contributed by atoms with Crippen LogP contribution >= 0.6 is 15.9 Å². The summed E-state index contributed by atoms with van der Waals surface area (Å²) in [5, 5.41) is 10.6. The Balaban J connectivity index is 2.96. The monoisotopic (exact) mass is 288 g/mol. The summed E-state index contributed by atoms with van der Waals surface area (Å²) >= 11 is 3.21. The van der Waals surface area contributed by atoms with Crippen LogP contribution in [-0.4, -0.2) is 11.5 Å². The van der Waals surface area contributed by atoms with Crippen molar-refractivity contribution in [2.75, 3.05) is 12.3 Å². The molecule has 0 radical (unpaired) electrons. The standard InChI is InChI=1S/C10H13BrN2O3/c1-6(2)5-16-10-4-8(12)9(13(14)15)3-7(10)11/h3-4,6H,5,12H2,1-2H3. The SMILES string of the molecule is CC(C)COc1cc(N)c([N+](=O)[O-])cc1Br. The van der Waals surface area contributed by atoms with Gasteiger partial charge >= 0.3 is 0 Å². The van der Waals surface area contributed by atoms with Gasteiger partial charge in [0.1, 0.15) is 11.4 Å². The molecule has 0 saturated heterocycles. The van der Waals surface area contributed by atoms with Crippen LogP contribution in [0.15, 0.2) is 16.6 Å². The zero-order chi connectivity index (χ0) is 12.3. The molecule has 5 nitrogen and oxygen atoms in total. The molecule has 0 heterocycles. The lowest BCUT2D eigenvalue weighted by atomic mass is 10.2. The quantitative estimate of drug-likeness (QED) is 0.525. The molecule has 0 bridgehead atoms. The summed E-state index contributed by atoms with van der Waals surface area (Å²) < 4.78 is 6.00. The van der Waals surface area contributed by atoms with Crippen LogP contribution in [0, 0.1) is 16.0 Å². The highest BCUT2D eigenvalue weighted by Crippen LogP contribution is 2.34. The fourth-order valence-electron chi connectivity index (χ4n) is 1.08. The Morgan fingerprint density at radius 1 is 1.56 bits per heavy atom. The van der Waals surface area contributed by atoms with Crippen molar-refractivity contribution in [1.82, 2.24) is 0 Å². The highest BCUT2D eigenvalue weighted by Gasteiger charge is 2.15. The first-order valence-electron chi connectivity index (χ1n) is 4.78. The average molecular weight is 289 g/mol. The highest BCUT2D eigenvalue weighted by molar-refractivity contribution is 9.10. The van der Waals surface area contributed by atoms with E-state index in [1.165, 1.54) is 12.1 Å². The minimum absolute atomic E-state index is 0.104. The number of nitro groups is 1. The molecule has 0 aliphatic carbocycles. The maximum absolute atomic E-state index is 10.6. The summed E-state index contributed by atoms with van der Waals surface area (Å²) in [6, 6.07) is 2.82. The van der Waals surface area contributed by atoms with Crippen molar-refractivity contribution in [3.63, 3.8) is 0 Å². The summed E-state index contributed by atoms with van der Waals surface area (Å²) in [7, 11) is 0. The van der Waals surface area contributed by atoms with Crippen molar-refractivity contribution in [2.45, 2.75) is 13.8 Å². The Morgan fingerprint density at radius 3 is 2.69 bits per heavy atom. The van der Waals surface area contributed by atoms with E-state index in [1.54, 1.807) is 0 Å². The van der Waals surface area contributed by atoms with E-state index < -0.39 is 4.92 Å². The van der Waals surface area contributed by atoms with Gasteiger partial charge < -0.3 is 10.5 Å². The number of hydrogen-bond acceptors (Lipinski definition) is 4. The number of hydrogen-bond donors (Lipinski definition) is 1. The van der Waals surface area contributed by atoms with Crippen LogP contribution in [-0.2, 0) is 0 Å². The molecule has 1 rings (SSSR count). The largest absolute Gasteiger partial charge is 0.492 e. The Labute approximate surface area is 102 Å². The van der Waals surface area contributed by atoms with Crippen LogP contribution in [0.5, 0.6) is 5.75 Å². The Kier molecular flexibility index (Phi) is 4.12. The van der Waals surface area contributed by atoms with Gasteiger partial charge in [-0.3, -0.25) is 10.1 Å². The van der Waals surface area contributed by atoms with E-state index in [9.17, 15) is 10.1 Å². The van der Waals surface area contributed by atoms with Crippen molar-refractivity contribution < 1.29 is 9.66 Å². The Bertz CT molecular complexity index is 407. The third-order valence-electron chi connectivity index (χ3n) is 1.85. The second-order valence-corrected chi connectivity index (χ2v) is 4.66. The lowest BCUT2D eigenvalue weighted by molar-refractivity contribution is -0.384. The van der Waals surface area contributed by atoms with Gasteiger partial charge in [-0.15, -0.1) is 0 Å². The molecule has 2 N–H and O–H groups in total. The normalized spacial score (nSPS) is 10.5. The first kappa shape index (κ1) is 12.8. The Hall–Kier alpha value is -1.30. The van der Waals surface area contributed by atoms with Crippen LogP contribution < -0.4 is 10.5 Å². The van der Waals surface area contributed by atoms with Crippen molar-refractivity contribution >= 4 is 27.3 Å². The van der Waals surface area contributed by atoms with Gasteiger partial charge in [0.25, 0.3) is 5.69 Å². The van der Waals surface area contributed by atoms with Crippen LogP contribution in [0.3, 0.4) is 0 Å². The van der Waals surface area contributed by atoms with E-state index >= 15 is 0 Å². The van der Waals surface area contributed by atoms with Crippen molar-refractivity contribution in [3.05, 3.63) is 26.7 Å². The minimum atomic E-state index is -0.522.